The number of aryl methyl sites for hydroxylation is 1. The zero-order valence-electron chi connectivity index (χ0n) is 20.5. The van der Waals surface area contributed by atoms with Gasteiger partial charge in [0.15, 0.2) is 0 Å². The summed E-state index contributed by atoms with van der Waals surface area (Å²) in [6.45, 7) is 9.75. The zero-order valence-corrected chi connectivity index (χ0v) is 21.3. The van der Waals surface area contributed by atoms with Crippen molar-refractivity contribution in [2.75, 3.05) is 13.7 Å². The fraction of sp³-hybridized carbons (Fsp3) is 0.636. The summed E-state index contributed by atoms with van der Waals surface area (Å²) in [4.78, 5) is 52.0. The molecule has 0 spiro atoms. The van der Waals surface area contributed by atoms with Crippen LogP contribution >= 0.6 is 11.3 Å². The number of amides is 3. The van der Waals surface area contributed by atoms with Gasteiger partial charge >= 0.3 is 17.8 Å². The molecule has 0 radical (unpaired) electrons. The number of carbonyl (C=O) groups excluding carboxylic acids is 2. The van der Waals surface area contributed by atoms with E-state index in [4.69, 9.17) is 15.2 Å². The van der Waals surface area contributed by atoms with Crippen LogP contribution in [0.15, 0.2) is 9.59 Å². The van der Waals surface area contributed by atoms with Crippen molar-refractivity contribution < 1.29 is 19.1 Å². The number of nitrogens with two attached hydrogens (primary N) is 1. The van der Waals surface area contributed by atoms with Crippen molar-refractivity contribution >= 4 is 33.7 Å². The number of aromatic nitrogens is 2. The quantitative estimate of drug-likeness (QED) is 0.565. The summed E-state index contributed by atoms with van der Waals surface area (Å²) in [6, 6.07) is -0.890. The highest BCUT2D eigenvalue weighted by Crippen LogP contribution is 2.46. The van der Waals surface area contributed by atoms with E-state index < -0.39 is 17.7 Å². The maximum Gasteiger partial charge on any atom is 0.426 e. The van der Waals surface area contributed by atoms with E-state index in [0.29, 0.717) is 33.8 Å². The number of primary amides is 1. The van der Waals surface area contributed by atoms with E-state index in [2.05, 4.69) is 12.3 Å². The van der Waals surface area contributed by atoms with Gasteiger partial charge in [0, 0.05) is 18.5 Å². The Morgan fingerprint density at radius 2 is 1.88 bits per heavy atom. The van der Waals surface area contributed by atoms with Gasteiger partial charge in [0.05, 0.1) is 25.1 Å². The van der Waals surface area contributed by atoms with Gasteiger partial charge < -0.3 is 15.2 Å². The van der Waals surface area contributed by atoms with Gasteiger partial charge in [-0.1, -0.05) is 6.92 Å². The smallest absolute Gasteiger partial charge is 0.426 e. The van der Waals surface area contributed by atoms with E-state index in [-0.39, 0.29) is 29.8 Å². The Morgan fingerprint density at radius 3 is 2.41 bits per heavy atom. The van der Waals surface area contributed by atoms with Crippen LogP contribution in [0.5, 0.6) is 0 Å². The third kappa shape index (κ3) is 5.61. The number of hydrogen-bond donors (Lipinski definition) is 2. The van der Waals surface area contributed by atoms with E-state index in [9.17, 15) is 19.2 Å². The third-order valence-corrected chi connectivity index (χ3v) is 7.05. The zero-order chi connectivity index (χ0) is 25.4. The highest BCUT2D eigenvalue weighted by atomic mass is 32.1. The molecule has 11 nitrogen and oxygen atoms in total. The number of urea groups is 1. The molecule has 0 bridgehead atoms. The van der Waals surface area contributed by atoms with Gasteiger partial charge in [0.25, 0.3) is 5.56 Å². The average Bonchev–Trinajstić information content (AvgIpc) is 3.36. The second-order valence-corrected chi connectivity index (χ2v) is 11.1. The fourth-order valence-electron chi connectivity index (χ4n) is 3.59. The number of carbonyl (C=O) groups is 2. The number of ether oxygens (including phenoxy) is 2. The van der Waals surface area contributed by atoms with Crippen LogP contribution in [0.4, 0.5) is 9.59 Å². The molecule has 1 aliphatic carbocycles. The predicted molar refractivity (Wildman–Crippen MR) is 129 cm³/mol. The van der Waals surface area contributed by atoms with Crippen molar-refractivity contribution in [3.8, 4) is 0 Å². The number of nitrogens with zero attached hydrogens (tertiary/aromatic N) is 3. The molecule has 188 valence electrons. The molecule has 0 atom stereocenters. The molecule has 3 rings (SSSR count). The maximum atomic E-state index is 13.4. The lowest BCUT2D eigenvalue weighted by Crippen LogP contribution is -2.49. The van der Waals surface area contributed by atoms with Crippen molar-refractivity contribution in [2.24, 2.45) is 11.1 Å². The summed E-state index contributed by atoms with van der Waals surface area (Å²) in [7, 11) is 1.54. The lowest BCUT2D eigenvalue weighted by Gasteiger charge is -2.24. The number of methoxy groups -OCH3 is 1. The molecule has 2 aromatic rings. The average molecular weight is 496 g/mol. The molecular weight excluding hydrogens is 462 g/mol. The van der Waals surface area contributed by atoms with E-state index in [1.807, 2.05) is 0 Å². The number of rotatable bonds is 7. The van der Waals surface area contributed by atoms with Gasteiger partial charge in [0.2, 0.25) is 0 Å². The molecule has 0 aliphatic heterocycles. The lowest BCUT2D eigenvalue weighted by molar-refractivity contribution is 0.0376. The molecule has 1 saturated carbocycles. The molecule has 1 aliphatic rings. The first-order valence-electron chi connectivity index (χ1n) is 11.1. The molecule has 2 aromatic heterocycles. The van der Waals surface area contributed by atoms with Crippen LogP contribution in [0.3, 0.4) is 0 Å². The van der Waals surface area contributed by atoms with Crippen LogP contribution in [-0.4, -0.2) is 45.6 Å². The van der Waals surface area contributed by atoms with Gasteiger partial charge in [-0.15, -0.1) is 11.3 Å². The minimum atomic E-state index is -0.890. The first kappa shape index (κ1) is 25.8. The van der Waals surface area contributed by atoms with Gasteiger partial charge in [-0.2, -0.15) is 0 Å². The number of hydrazine groups is 1. The Kier molecular flexibility index (Phi) is 7.13. The summed E-state index contributed by atoms with van der Waals surface area (Å²) >= 11 is 1.21. The highest BCUT2D eigenvalue weighted by molar-refractivity contribution is 7.18. The molecule has 0 unspecified atom stereocenters. The standard InChI is InChI=1S/C22H33N5O6S/c1-13-14(11-27(18(23)29)24-19(30)33-21(2,3)4)34-17-15(13)16(28)26(12-22(5)7-8-22)20(31)25(17)9-10-32-6/h7-12H2,1-6H3,(H2,23,29)(H,24,30). The maximum absolute atomic E-state index is 13.4. The second kappa shape index (κ2) is 9.41. The predicted octanol–water partition coefficient (Wildman–Crippen LogP) is 2.30. The number of hydrogen-bond acceptors (Lipinski definition) is 7. The first-order chi connectivity index (χ1) is 15.8. The van der Waals surface area contributed by atoms with Gasteiger partial charge in [-0.3, -0.25) is 13.9 Å². The topological polar surface area (TPSA) is 138 Å². The fourth-order valence-corrected chi connectivity index (χ4v) is 4.90. The summed E-state index contributed by atoms with van der Waals surface area (Å²) in [5.74, 6) is 0. The Labute approximate surface area is 201 Å². The van der Waals surface area contributed by atoms with Crippen molar-refractivity contribution in [3.05, 3.63) is 31.3 Å². The van der Waals surface area contributed by atoms with Crippen molar-refractivity contribution in [1.29, 1.82) is 0 Å². The SMILES string of the molecule is COCCn1c(=O)n(CC2(C)CC2)c(=O)c2c(C)c(CN(NC(=O)OC(C)(C)C)C(N)=O)sc21. The van der Waals surface area contributed by atoms with Gasteiger partial charge in [-0.25, -0.2) is 24.8 Å². The van der Waals surface area contributed by atoms with Crippen LogP contribution in [-0.2, 0) is 29.1 Å². The number of thiophene rings is 1. The van der Waals surface area contributed by atoms with Gasteiger partial charge in [0.1, 0.15) is 10.4 Å². The Bertz CT molecular complexity index is 1220. The Morgan fingerprint density at radius 1 is 1.24 bits per heavy atom. The normalized spacial score (nSPS) is 14.8. The van der Waals surface area contributed by atoms with Crippen LogP contribution in [0.2, 0.25) is 0 Å². The van der Waals surface area contributed by atoms with Crippen molar-refractivity contribution in [1.82, 2.24) is 19.6 Å². The highest BCUT2D eigenvalue weighted by Gasteiger charge is 2.39. The number of nitrogens with one attached hydrogen (secondary N) is 1. The third-order valence-electron chi connectivity index (χ3n) is 5.75. The summed E-state index contributed by atoms with van der Waals surface area (Å²) in [5, 5.41) is 1.34. The molecule has 2 heterocycles. The second-order valence-electron chi connectivity index (χ2n) is 10.00. The summed E-state index contributed by atoms with van der Waals surface area (Å²) in [5.41, 5.74) is 6.90. The van der Waals surface area contributed by atoms with E-state index in [1.54, 1.807) is 39.4 Å². The molecule has 3 amide bonds. The van der Waals surface area contributed by atoms with E-state index in [0.717, 1.165) is 17.9 Å². The molecule has 34 heavy (non-hydrogen) atoms. The molecule has 1 fully saturated rings. The van der Waals surface area contributed by atoms with Crippen molar-refractivity contribution in [2.45, 2.75) is 72.7 Å². The van der Waals surface area contributed by atoms with Crippen LogP contribution in [0, 0.1) is 12.3 Å². The van der Waals surface area contributed by atoms with E-state index in [1.165, 1.54) is 15.9 Å². The largest absolute Gasteiger partial charge is 0.443 e. The monoisotopic (exact) mass is 495 g/mol. The molecular formula is C22H33N5O6S. The van der Waals surface area contributed by atoms with Crippen LogP contribution in [0.1, 0.15) is 51.0 Å². The molecule has 12 heteroatoms. The van der Waals surface area contributed by atoms with E-state index >= 15 is 0 Å². The molecule has 0 saturated heterocycles. The van der Waals surface area contributed by atoms with Gasteiger partial charge in [-0.05, 0) is 51.5 Å². The Hall–Kier alpha value is -2.86. The summed E-state index contributed by atoms with van der Waals surface area (Å²) in [6.07, 6.45) is 1.10. The first-order valence-corrected chi connectivity index (χ1v) is 11.9. The van der Waals surface area contributed by atoms with Crippen molar-refractivity contribution in [3.63, 3.8) is 0 Å². The molecule has 3 N–H and O–H groups in total. The summed E-state index contributed by atoms with van der Waals surface area (Å²) < 4.78 is 13.2. The minimum Gasteiger partial charge on any atom is -0.443 e. The Balaban J connectivity index is 2.05. The molecule has 0 aromatic carbocycles. The van der Waals surface area contributed by atoms with Crippen LogP contribution < -0.4 is 22.4 Å². The minimum absolute atomic E-state index is 0.0530. The lowest BCUT2D eigenvalue weighted by atomic mass is 10.1. The van der Waals surface area contributed by atoms with Crippen LogP contribution in [0.25, 0.3) is 10.2 Å². The number of fused-ring (bicyclic) bond motifs is 1.